The summed E-state index contributed by atoms with van der Waals surface area (Å²) < 4.78 is 1.47. The number of nitrogens with zero attached hydrogens (tertiary/aromatic N) is 2. The second-order valence-electron chi connectivity index (χ2n) is 7.12. The molecule has 0 bridgehead atoms. The molecule has 1 aromatic heterocycles. The van der Waals surface area contributed by atoms with Crippen LogP contribution < -0.4 is 21.0 Å². The Bertz CT molecular complexity index is 1450. The van der Waals surface area contributed by atoms with Crippen molar-refractivity contribution in [3.63, 3.8) is 0 Å². The minimum Gasteiger partial charge on any atom is -0.343 e. The Hall–Kier alpha value is -3.15. The number of benzene rings is 3. The van der Waals surface area contributed by atoms with Crippen LogP contribution in [0.2, 0.25) is 5.02 Å². The van der Waals surface area contributed by atoms with E-state index in [-0.39, 0.29) is 5.56 Å². The first-order chi connectivity index (χ1) is 14.5. The molecule has 5 rings (SSSR count). The summed E-state index contributed by atoms with van der Waals surface area (Å²) in [6.45, 7) is 4.02. The van der Waals surface area contributed by atoms with Crippen molar-refractivity contribution in [3.05, 3.63) is 98.2 Å². The number of aromatic amines is 1. The Labute approximate surface area is 182 Å². The number of H-pyrrole nitrogens is 1. The fourth-order valence-electron chi connectivity index (χ4n) is 3.66. The Morgan fingerprint density at radius 2 is 1.80 bits per heavy atom. The minimum atomic E-state index is -0.157. The zero-order chi connectivity index (χ0) is 20.8. The predicted octanol–water partition coefficient (Wildman–Crippen LogP) is 4.29. The smallest absolute Gasteiger partial charge is 0.279 e. The summed E-state index contributed by atoms with van der Waals surface area (Å²) in [6.07, 6.45) is 1.88. The van der Waals surface area contributed by atoms with Crippen molar-refractivity contribution >= 4 is 47.4 Å². The standard InChI is InChI=1S/C24H18ClN3OS/c1-15-19(24(29)28(26-15)18-7-5-6-17(25)14-18)12-16-10-11-21-23(13-16)30-22-9-4-3-8-20(22)27(21)2/h3-14,26H,1H2,2H3/b19-12-. The van der Waals surface area contributed by atoms with Crippen molar-refractivity contribution in [3.8, 4) is 5.69 Å². The highest BCUT2D eigenvalue weighted by Crippen LogP contribution is 2.47. The number of aromatic nitrogens is 2. The van der Waals surface area contributed by atoms with Gasteiger partial charge in [-0.1, -0.05) is 54.2 Å². The maximum Gasteiger partial charge on any atom is 0.279 e. The average Bonchev–Trinajstić information content (AvgIpc) is 3.02. The van der Waals surface area contributed by atoms with E-state index in [4.69, 9.17) is 11.6 Å². The maximum atomic E-state index is 13.0. The molecule has 0 radical (unpaired) electrons. The van der Waals surface area contributed by atoms with Crippen LogP contribution in [0.5, 0.6) is 0 Å². The number of nitrogens with one attached hydrogen (secondary N) is 1. The first-order valence-electron chi connectivity index (χ1n) is 9.43. The molecule has 0 aliphatic carbocycles. The van der Waals surface area contributed by atoms with Crippen molar-refractivity contribution < 1.29 is 0 Å². The summed E-state index contributed by atoms with van der Waals surface area (Å²) >= 11 is 7.82. The number of hydrogen-bond donors (Lipinski definition) is 1. The summed E-state index contributed by atoms with van der Waals surface area (Å²) in [7, 11) is 2.07. The fraction of sp³-hybridized carbons (Fsp3) is 0.0417. The number of para-hydroxylation sites is 1. The first-order valence-corrected chi connectivity index (χ1v) is 10.6. The van der Waals surface area contributed by atoms with E-state index in [0.717, 1.165) is 16.1 Å². The first kappa shape index (κ1) is 18.9. The SMILES string of the molecule is C=c1[nH]n(-c2cccc(Cl)c2)c(=O)/c1=C\c1ccc2c(c1)Sc1ccccc1N2C. The molecule has 30 heavy (non-hydrogen) atoms. The number of anilines is 2. The monoisotopic (exact) mass is 431 g/mol. The molecule has 0 amide bonds. The van der Waals surface area contributed by atoms with Crippen molar-refractivity contribution in [1.29, 1.82) is 0 Å². The fourth-order valence-corrected chi connectivity index (χ4v) is 5.04. The van der Waals surface area contributed by atoms with E-state index in [1.54, 1.807) is 23.9 Å². The molecule has 0 unspecified atom stereocenters. The van der Waals surface area contributed by atoms with E-state index in [2.05, 4.69) is 54.0 Å². The van der Waals surface area contributed by atoms with Gasteiger partial charge in [-0.05, 0) is 54.1 Å². The lowest BCUT2D eigenvalue weighted by Crippen LogP contribution is -2.34. The van der Waals surface area contributed by atoms with Gasteiger partial charge in [-0.25, -0.2) is 4.68 Å². The molecule has 0 spiro atoms. The van der Waals surface area contributed by atoms with Gasteiger partial charge in [0, 0.05) is 21.9 Å². The van der Waals surface area contributed by atoms with Gasteiger partial charge >= 0.3 is 0 Å². The van der Waals surface area contributed by atoms with E-state index in [1.807, 2.05) is 30.3 Å². The lowest BCUT2D eigenvalue weighted by molar-refractivity contribution is 0.838. The molecule has 4 aromatic rings. The molecule has 1 aliphatic rings. The highest BCUT2D eigenvalue weighted by atomic mass is 35.5. The molecule has 1 N–H and O–H groups in total. The lowest BCUT2D eigenvalue weighted by Gasteiger charge is -2.29. The molecule has 3 aromatic carbocycles. The van der Waals surface area contributed by atoms with Crippen LogP contribution in [0.3, 0.4) is 0 Å². The summed E-state index contributed by atoms with van der Waals surface area (Å²) in [6, 6.07) is 21.7. The Morgan fingerprint density at radius 3 is 2.63 bits per heavy atom. The Balaban J connectivity index is 1.59. The quantitative estimate of drug-likeness (QED) is 0.514. The predicted molar refractivity (Wildman–Crippen MR) is 125 cm³/mol. The van der Waals surface area contributed by atoms with E-state index >= 15 is 0 Å². The third kappa shape index (κ3) is 3.16. The van der Waals surface area contributed by atoms with Crippen LogP contribution in [0.4, 0.5) is 11.4 Å². The zero-order valence-corrected chi connectivity index (χ0v) is 17.8. The van der Waals surface area contributed by atoms with Crippen molar-refractivity contribution in [2.24, 2.45) is 0 Å². The van der Waals surface area contributed by atoms with Crippen LogP contribution in [0.25, 0.3) is 18.3 Å². The van der Waals surface area contributed by atoms with Gasteiger partial charge < -0.3 is 4.90 Å². The molecule has 0 atom stereocenters. The molecule has 148 valence electrons. The van der Waals surface area contributed by atoms with Crippen LogP contribution >= 0.6 is 23.4 Å². The van der Waals surface area contributed by atoms with E-state index in [9.17, 15) is 4.79 Å². The van der Waals surface area contributed by atoms with Gasteiger partial charge in [0.25, 0.3) is 5.56 Å². The molecule has 6 heteroatoms. The summed E-state index contributed by atoms with van der Waals surface area (Å²) in [5, 5.41) is 4.71. The van der Waals surface area contributed by atoms with Crippen molar-refractivity contribution in [2.45, 2.75) is 9.79 Å². The summed E-state index contributed by atoms with van der Waals surface area (Å²) in [5.41, 5.74) is 3.82. The summed E-state index contributed by atoms with van der Waals surface area (Å²) in [4.78, 5) is 17.6. The van der Waals surface area contributed by atoms with Gasteiger partial charge in [-0.15, -0.1) is 0 Å². The number of fused-ring (bicyclic) bond motifs is 2. The van der Waals surface area contributed by atoms with Gasteiger partial charge in [0.05, 0.1) is 27.6 Å². The van der Waals surface area contributed by atoms with Crippen LogP contribution in [0, 0.1) is 0 Å². The van der Waals surface area contributed by atoms with Gasteiger partial charge in [-0.2, -0.15) is 0 Å². The second-order valence-corrected chi connectivity index (χ2v) is 8.64. The molecular weight excluding hydrogens is 414 g/mol. The second kappa shape index (κ2) is 7.27. The van der Waals surface area contributed by atoms with E-state index in [1.165, 1.54) is 15.3 Å². The number of halogens is 1. The molecule has 1 aliphatic heterocycles. The third-order valence-corrected chi connectivity index (χ3v) is 6.52. The van der Waals surface area contributed by atoms with Gasteiger partial charge in [-0.3, -0.25) is 9.89 Å². The van der Waals surface area contributed by atoms with E-state index in [0.29, 0.717) is 21.3 Å². The minimum absolute atomic E-state index is 0.157. The molecular formula is C24H18ClN3OS. The summed E-state index contributed by atoms with van der Waals surface area (Å²) in [5.74, 6) is 0. The lowest BCUT2D eigenvalue weighted by atomic mass is 10.1. The largest absolute Gasteiger partial charge is 0.343 e. The van der Waals surface area contributed by atoms with Crippen LogP contribution in [-0.4, -0.2) is 16.8 Å². The van der Waals surface area contributed by atoms with E-state index < -0.39 is 0 Å². The number of rotatable bonds is 2. The Kier molecular flexibility index (Phi) is 4.57. The molecule has 0 saturated heterocycles. The molecule has 0 saturated carbocycles. The molecule has 2 heterocycles. The topological polar surface area (TPSA) is 41.0 Å². The van der Waals surface area contributed by atoms with Gasteiger partial charge in [0.15, 0.2) is 0 Å². The average molecular weight is 432 g/mol. The zero-order valence-electron chi connectivity index (χ0n) is 16.2. The van der Waals surface area contributed by atoms with Gasteiger partial charge in [0.2, 0.25) is 0 Å². The Morgan fingerprint density at radius 1 is 1.00 bits per heavy atom. The van der Waals surface area contributed by atoms with Crippen molar-refractivity contribution in [1.82, 2.24) is 9.78 Å². The van der Waals surface area contributed by atoms with Crippen LogP contribution in [-0.2, 0) is 0 Å². The van der Waals surface area contributed by atoms with Crippen LogP contribution in [0.15, 0.2) is 81.3 Å². The molecule has 4 nitrogen and oxygen atoms in total. The normalized spacial score (nSPS) is 13.3. The van der Waals surface area contributed by atoms with Gasteiger partial charge in [0.1, 0.15) is 0 Å². The highest BCUT2D eigenvalue weighted by Gasteiger charge is 2.20. The van der Waals surface area contributed by atoms with Crippen molar-refractivity contribution in [2.75, 3.05) is 11.9 Å². The van der Waals surface area contributed by atoms with Crippen LogP contribution in [0.1, 0.15) is 5.56 Å². The number of hydrogen-bond acceptors (Lipinski definition) is 3. The maximum absolute atomic E-state index is 13.0. The highest BCUT2D eigenvalue weighted by molar-refractivity contribution is 7.99. The molecule has 0 fully saturated rings. The third-order valence-electron chi connectivity index (χ3n) is 5.17.